The van der Waals surface area contributed by atoms with Gasteiger partial charge in [-0.25, -0.2) is 0 Å². The molecular weight excluding hydrogens is 330 g/mol. The summed E-state index contributed by atoms with van der Waals surface area (Å²) in [7, 11) is 0. The van der Waals surface area contributed by atoms with Gasteiger partial charge < -0.3 is 9.32 Å². The maximum absolute atomic E-state index is 5.35. The maximum atomic E-state index is 5.35. The van der Waals surface area contributed by atoms with Gasteiger partial charge in [0.25, 0.3) is 0 Å². The van der Waals surface area contributed by atoms with Crippen molar-refractivity contribution >= 4 is 11.5 Å². The van der Waals surface area contributed by atoms with Crippen molar-refractivity contribution in [3.05, 3.63) is 54.7 Å². The summed E-state index contributed by atoms with van der Waals surface area (Å²) in [5, 5.41) is 21.1. The average molecular weight is 347 g/mol. The lowest BCUT2D eigenvalue weighted by molar-refractivity contribution is 0.392. The van der Waals surface area contributed by atoms with Crippen LogP contribution in [0.3, 0.4) is 0 Å². The van der Waals surface area contributed by atoms with Crippen LogP contribution in [0, 0.1) is 0 Å². The first-order chi connectivity index (χ1) is 12.9. The number of hydrogen-bond acceptors (Lipinski definition) is 7. The molecule has 1 saturated heterocycles. The zero-order valence-corrected chi connectivity index (χ0v) is 14.1. The Labute approximate surface area is 149 Å². The van der Waals surface area contributed by atoms with E-state index in [0.29, 0.717) is 5.92 Å². The predicted molar refractivity (Wildman–Crippen MR) is 94.7 cm³/mol. The molecule has 8 heteroatoms. The molecule has 0 N–H and O–H groups in total. The van der Waals surface area contributed by atoms with Crippen molar-refractivity contribution in [1.82, 2.24) is 30.0 Å². The summed E-state index contributed by atoms with van der Waals surface area (Å²) in [5.74, 6) is 2.74. The minimum atomic E-state index is 0.326. The molecule has 1 fully saturated rings. The Hall–Kier alpha value is -3.29. The van der Waals surface area contributed by atoms with Crippen LogP contribution in [-0.4, -0.2) is 43.1 Å². The second kappa shape index (κ2) is 6.21. The molecule has 1 aromatic carbocycles. The second-order valence-electron chi connectivity index (χ2n) is 6.39. The first kappa shape index (κ1) is 15.0. The number of benzene rings is 1. The topological polar surface area (TPSA) is 85.2 Å². The monoisotopic (exact) mass is 347 g/mol. The largest absolute Gasteiger partial charge is 0.428 e. The van der Waals surface area contributed by atoms with Crippen molar-refractivity contribution in [3.8, 4) is 11.4 Å². The number of anilines is 1. The van der Waals surface area contributed by atoms with E-state index in [4.69, 9.17) is 9.52 Å². The van der Waals surface area contributed by atoms with Gasteiger partial charge in [-0.3, -0.25) is 0 Å². The van der Waals surface area contributed by atoms with Crippen LogP contribution in [0.2, 0.25) is 0 Å². The molecule has 0 radical (unpaired) electrons. The predicted octanol–water partition coefficient (Wildman–Crippen LogP) is 2.56. The third-order valence-corrected chi connectivity index (χ3v) is 4.83. The number of nitrogens with zero attached hydrogens (tertiary/aromatic N) is 7. The lowest BCUT2D eigenvalue weighted by atomic mass is 9.97. The van der Waals surface area contributed by atoms with Gasteiger partial charge in [0.05, 0.1) is 0 Å². The van der Waals surface area contributed by atoms with E-state index in [1.807, 2.05) is 47.0 Å². The van der Waals surface area contributed by atoms with Crippen LogP contribution in [0.15, 0.2) is 53.3 Å². The summed E-state index contributed by atoms with van der Waals surface area (Å²) in [4.78, 5) is 2.28. The molecule has 0 amide bonds. The Bertz CT molecular complexity index is 1000. The molecule has 0 saturated carbocycles. The fourth-order valence-corrected chi connectivity index (χ4v) is 3.43. The lowest BCUT2D eigenvalue weighted by Crippen LogP contribution is -2.33. The molecular formula is C18H17N7O. The summed E-state index contributed by atoms with van der Waals surface area (Å²) in [6, 6.07) is 14.0. The molecule has 130 valence electrons. The highest BCUT2D eigenvalue weighted by Gasteiger charge is 2.25. The fourth-order valence-electron chi connectivity index (χ4n) is 3.43. The third kappa shape index (κ3) is 2.59. The van der Waals surface area contributed by atoms with Crippen molar-refractivity contribution in [3.63, 3.8) is 0 Å². The lowest BCUT2D eigenvalue weighted by Gasteiger charge is -2.31. The molecule has 4 heterocycles. The number of aromatic nitrogens is 6. The third-order valence-electron chi connectivity index (χ3n) is 4.83. The first-order valence-electron chi connectivity index (χ1n) is 8.67. The van der Waals surface area contributed by atoms with Crippen molar-refractivity contribution in [2.45, 2.75) is 18.8 Å². The van der Waals surface area contributed by atoms with Gasteiger partial charge in [0, 0.05) is 24.6 Å². The molecule has 0 atom stereocenters. The second-order valence-corrected chi connectivity index (χ2v) is 6.39. The Kier molecular flexibility index (Phi) is 3.59. The zero-order valence-electron chi connectivity index (χ0n) is 14.1. The first-order valence-corrected chi connectivity index (χ1v) is 8.67. The van der Waals surface area contributed by atoms with Gasteiger partial charge in [0.1, 0.15) is 5.82 Å². The van der Waals surface area contributed by atoms with Gasteiger partial charge >= 0.3 is 0 Å². The van der Waals surface area contributed by atoms with Gasteiger partial charge in [-0.2, -0.15) is 4.52 Å². The van der Waals surface area contributed by atoms with Crippen LogP contribution in [0.1, 0.15) is 24.7 Å². The summed E-state index contributed by atoms with van der Waals surface area (Å²) in [6.07, 6.45) is 3.33. The Morgan fingerprint density at radius 2 is 1.77 bits per heavy atom. The van der Waals surface area contributed by atoms with E-state index < -0.39 is 0 Å². The van der Waals surface area contributed by atoms with Gasteiger partial charge in [-0.1, -0.05) is 30.3 Å². The minimum Gasteiger partial charge on any atom is -0.428 e. The fraction of sp³-hybridized carbons (Fsp3) is 0.278. The van der Waals surface area contributed by atoms with E-state index in [0.717, 1.165) is 54.7 Å². The van der Waals surface area contributed by atoms with Crippen LogP contribution in [0.5, 0.6) is 0 Å². The van der Waals surface area contributed by atoms with Crippen molar-refractivity contribution < 1.29 is 4.42 Å². The molecule has 0 bridgehead atoms. The SMILES string of the molecule is c1ccc(-c2nnc3ccc(N4CCC(c5nnco5)CC4)nn23)cc1. The van der Waals surface area contributed by atoms with Crippen LogP contribution >= 0.6 is 0 Å². The highest BCUT2D eigenvalue weighted by atomic mass is 16.4. The van der Waals surface area contributed by atoms with E-state index >= 15 is 0 Å². The highest BCUT2D eigenvalue weighted by molar-refractivity contribution is 5.59. The van der Waals surface area contributed by atoms with Gasteiger partial charge in [0.2, 0.25) is 12.3 Å². The maximum Gasteiger partial charge on any atom is 0.219 e. The number of hydrogen-bond donors (Lipinski definition) is 0. The molecule has 1 aliphatic heterocycles. The zero-order chi connectivity index (χ0) is 17.3. The van der Waals surface area contributed by atoms with Gasteiger partial charge in [-0.05, 0) is 25.0 Å². The molecule has 5 rings (SSSR count). The quantitative estimate of drug-likeness (QED) is 0.563. The van der Waals surface area contributed by atoms with Gasteiger partial charge in [0.15, 0.2) is 11.5 Å². The Balaban J connectivity index is 1.42. The molecule has 3 aromatic heterocycles. The van der Waals surface area contributed by atoms with Crippen LogP contribution in [0.4, 0.5) is 5.82 Å². The van der Waals surface area contributed by atoms with E-state index in [1.165, 1.54) is 6.39 Å². The number of piperidine rings is 1. The number of fused-ring (bicyclic) bond motifs is 1. The standard InChI is InChI=1S/C18H17N7O/c1-2-4-13(5-3-1)17-21-20-15-6-7-16(23-25(15)17)24-10-8-14(9-11-24)18-22-19-12-26-18/h1-7,12,14H,8-11H2. The Morgan fingerprint density at radius 3 is 2.54 bits per heavy atom. The van der Waals surface area contributed by atoms with E-state index in [1.54, 1.807) is 0 Å². The molecule has 0 spiro atoms. The Morgan fingerprint density at radius 1 is 0.923 bits per heavy atom. The molecule has 0 aliphatic carbocycles. The molecule has 0 unspecified atom stereocenters. The van der Waals surface area contributed by atoms with E-state index in [9.17, 15) is 0 Å². The summed E-state index contributed by atoms with van der Waals surface area (Å²) in [5.41, 5.74) is 1.74. The van der Waals surface area contributed by atoms with Gasteiger partial charge in [-0.15, -0.1) is 25.5 Å². The van der Waals surface area contributed by atoms with E-state index in [-0.39, 0.29) is 0 Å². The summed E-state index contributed by atoms with van der Waals surface area (Å²) in [6.45, 7) is 1.79. The summed E-state index contributed by atoms with van der Waals surface area (Å²) < 4.78 is 7.16. The smallest absolute Gasteiger partial charge is 0.219 e. The summed E-state index contributed by atoms with van der Waals surface area (Å²) >= 11 is 0. The molecule has 8 nitrogen and oxygen atoms in total. The van der Waals surface area contributed by atoms with Crippen molar-refractivity contribution in [1.29, 1.82) is 0 Å². The van der Waals surface area contributed by atoms with Crippen LogP contribution < -0.4 is 4.90 Å². The molecule has 4 aromatic rings. The molecule has 1 aliphatic rings. The van der Waals surface area contributed by atoms with Crippen LogP contribution in [-0.2, 0) is 0 Å². The number of rotatable bonds is 3. The average Bonchev–Trinajstić information content (AvgIpc) is 3.38. The van der Waals surface area contributed by atoms with Crippen molar-refractivity contribution in [2.75, 3.05) is 18.0 Å². The van der Waals surface area contributed by atoms with Crippen molar-refractivity contribution in [2.24, 2.45) is 0 Å². The minimum absolute atomic E-state index is 0.326. The van der Waals surface area contributed by atoms with E-state index in [2.05, 4.69) is 25.3 Å². The molecule has 26 heavy (non-hydrogen) atoms. The normalized spacial score (nSPS) is 15.6. The van der Waals surface area contributed by atoms with Crippen LogP contribution in [0.25, 0.3) is 17.0 Å². The highest BCUT2D eigenvalue weighted by Crippen LogP contribution is 2.29.